The molecule has 0 saturated carbocycles. The van der Waals surface area contributed by atoms with E-state index in [4.69, 9.17) is 4.74 Å². The molecule has 0 aromatic heterocycles. The number of benzene rings is 4. The highest BCUT2D eigenvalue weighted by Crippen LogP contribution is 2.61. The fraction of sp³-hybridized carbons (Fsp3) is 0.481. The summed E-state index contributed by atoms with van der Waals surface area (Å²) in [7, 11) is -3.64. The molecule has 70 heavy (non-hydrogen) atoms. The standard InChI is InChI=1S/C54H65FN8O6Si/c1-37-48(70(2,3)55)46(32-47(65)58-30-10-15-43(58)34-64)69-54(37)44-31-42(61-36-63(41-13-8-5-9-14-41)53(50(61)67)24-28-57-29-25-53)20-21-45(44)59(51(54)68)33-38-16-18-39(19-17-38)60-35-62(40-11-6-4-7-12-40)52(49(60)66)22-26-56-27-23-52/h4-9,11-14,16-21,31,37,43,46,48,56-57,64H,10,15,22-30,32-36H2,1-3H3/t37-,43+,46+,48-,54+/m1/s1. The van der Waals surface area contributed by atoms with Crippen molar-refractivity contribution in [1.82, 2.24) is 15.5 Å². The number of anilines is 5. The number of carbonyl (C=O) groups excluding carboxylic acids is 4. The highest BCUT2D eigenvalue weighted by molar-refractivity contribution is 6.72. The average molecular weight is 969 g/mol. The van der Waals surface area contributed by atoms with Crippen LogP contribution in [0.4, 0.5) is 32.5 Å². The monoisotopic (exact) mass is 968 g/mol. The Kier molecular flexibility index (Phi) is 11.9. The number of piperidine rings is 2. The largest absolute Gasteiger partial charge is 0.394 e. The summed E-state index contributed by atoms with van der Waals surface area (Å²) in [5, 5.41) is 17.0. The number of hydrogen-bond acceptors (Lipinski definition) is 10. The van der Waals surface area contributed by atoms with Crippen LogP contribution in [0.25, 0.3) is 0 Å². The van der Waals surface area contributed by atoms with Gasteiger partial charge in [0.25, 0.3) is 17.7 Å². The van der Waals surface area contributed by atoms with Crippen LogP contribution in [-0.2, 0) is 36.1 Å². The molecule has 3 N–H and O–H groups in total. The highest BCUT2D eigenvalue weighted by atomic mass is 28.4. The number of fused-ring (bicyclic) bond motifs is 2. The van der Waals surface area contributed by atoms with Gasteiger partial charge in [0.15, 0.2) is 5.60 Å². The second-order valence-electron chi connectivity index (χ2n) is 21.1. The smallest absolute Gasteiger partial charge is 0.264 e. The van der Waals surface area contributed by atoms with Crippen LogP contribution in [0.5, 0.6) is 0 Å². The van der Waals surface area contributed by atoms with Gasteiger partial charge in [0.1, 0.15) is 11.1 Å². The average Bonchev–Trinajstić information content (AvgIpc) is 4.16. The molecule has 0 aliphatic carbocycles. The number of nitrogens with one attached hydrogen (secondary N) is 2. The van der Waals surface area contributed by atoms with Crippen molar-refractivity contribution < 1.29 is 33.1 Å². The van der Waals surface area contributed by atoms with Gasteiger partial charge in [0.05, 0.1) is 50.7 Å². The Morgan fingerprint density at radius 2 is 1.29 bits per heavy atom. The Morgan fingerprint density at radius 1 is 0.743 bits per heavy atom. The van der Waals surface area contributed by atoms with Gasteiger partial charge in [-0.1, -0.05) is 55.5 Å². The van der Waals surface area contributed by atoms with Gasteiger partial charge in [-0.2, -0.15) is 0 Å². The second-order valence-corrected chi connectivity index (χ2v) is 24.9. The van der Waals surface area contributed by atoms with Crippen LogP contribution >= 0.6 is 0 Å². The lowest BCUT2D eigenvalue weighted by Crippen LogP contribution is -2.55. The number of rotatable bonds is 10. The highest BCUT2D eigenvalue weighted by Gasteiger charge is 2.67. The molecule has 6 fully saturated rings. The van der Waals surface area contributed by atoms with E-state index in [1.807, 2.05) is 108 Å². The normalized spacial score (nSPS) is 27.3. The Morgan fingerprint density at radius 3 is 1.83 bits per heavy atom. The fourth-order valence-electron chi connectivity index (χ4n) is 13.5. The lowest BCUT2D eigenvalue weighted by Gasteiger charge is -2.39. The van der Waals surface area contributed by atoms with Crippen molar-refractivity contribution in [3.8, 4) is 0 Å². The quantitative estimate of drug-likeness (QED) is 0.124. The number of halogens is 1. The van der Waals surface area contributed by atoms with Crippen LogP contribution in [0.1, 0.15) is 63.0 Å². The van der Waals surface area contributed by atoms with Crippen LogP contribution in [0.15, 0.2) is 103 Å². The third-order valence-corrected chi connectivity index (χ3v) is 19.5. The molecule has 16 heteroatoms. The maximum Gasteiger partial charge on any atom is 0.264 e. The van der Waals surface area contributed by atoms with E-state index in [1.165, 1.54) is 0 Å². The minimum Gasteiger partial charge on any atom is -0.394 e. The maximum absolute atomic E-state index is 17.0. The predicted octanol–water partition coefficient (Wildman–Crippen LogP) is 6.25. The first-order chi connectivity index (χ1) is 33.8. The van der Waals surface area contributed by atoms with E-state index in [9.17, 15) is 19.5 Å². The number of ether oxygens (including phenoxy) is 1. The Bertz CT molecular complexity index is 2640. The Labute approximate surface area is 410 Å². The molecule has 3 spiro atoms. The van der Waals surface area contributed by atoms with Crippen molar-refractivity contribution in [3.63, 3.8) is 0 Å². The van der Waals surface area contributed by atoms with Crippen molar-refractivity contribution in [2.45, 2.75) is 106 Å². The number of carbonyl (C=O) groups is 4. The zero-order valence-electron chi connectivity index (χ0n) is 40.5. The summed E-state index contributed by atoms with van der Waals surface area (Å²) in [6.07, 6.45) is 3.12. The van der Waals surface area contributed by atoms with Gasteiger partial charge in [0.2, 0.25) is 14.3 Å². The summed E-state index contributed by atoms with van der Waals surface area (Å²) in [6, 6.07) is 33.4. The van der Waals surface area contributed by atoms with E-state index in [0.29, 0.717) is 82.0 Å². The molecule has 4 aromatic carbocycles. The molecule has 0 bridgehead atoms. The molecule has 7 heterocycles. The number of hydrogen-bond donors (Lipinski definition) is 3. The van der Waals surface area contributed by atoms with Crippen LogP contribution < -0.4 is 35.1 Å². The van der Waals surface area contributed by atoms with Crippen LogP contribution in [-0.4, -0.2) is 118 Å². The lowest BCUT2D eigenvalue weighted by atomic mass is 9.82. The van der Waals surface area contributed by atoms with Crippen molar-refractivity contribution in [2.24, 2.45) is 5.92 Å². The first-order valence-electron chi connectivity index (χ1n) is 25.3. The van der Waals surface area contributed by atoms with Gasteiger partial charge in [-0.3, -0.25) is 29.0 Å². The number of likely N-dealkylation sites (tertiary alicyclic amines) is 1. The SMILES string of the molecule is C[C@@H]1[C@@H]([Si](C)(C)F)[C@H](CC(=O)N2CCC[C@H]2CO)O[C@@]12C(=O)N(Cc1ccc(N3CN(c4ccccc4)C4(CCNCC4)C3=O)cc1)c1ccc(N3CN(c4ccccc4)C4(CCNCC4)C3=O)cc12. The van der Waals surface area contributed by atoms with Crippen molar-refractivity contribution in [2.75, 3.05) is 77.2 Å². The molecule has 4 aromatic rings. The lowest BCUT2D eigenvalue weighted by molar-refractivity contribution is -0.150. The maximum atomic E-state index is 17.0. The number of para-hydroxylation sites is 2. The second kappa shape index (κ2) is 17.9. The Hall–Kier alpha value is -5.65. The van der Waals surface area contributed by atoms with Crippen LogP contribution in [0, 0.1) is 5.92 Å². The number of aliphatic hydroxyl groups excluding tert-OH is 1. The summed E-state index contributed by atoms with van der Waals surface area (Å²) >= 11 is 0. The third-order valence-electron chi connectivity index (χ3n) is 17.0. The van der Waals surface area contributed by atoms with E-state index in [1.54, 1.807) is 22.9 Å². The van der Waals surface area contributed by atoms with E-state index in [0.717, 1.165) is 42.1 Å². The molecule has 0 radical (unpaired) electrons. The third kappa shape index (κ3) is 7.38. The van der Waals surface area contributed by atoms with Crippen molar-refractivity contribution in [3.05, 3.63) is 114 Å². The molecular formula is C54H65FN8O6Si. The first-order valence-corrected chi connectivity index (χ1v) is 28.3. The van der Waals surface area contributed by atoms with E-state index >= 15 is 8.90 Å². The predicted molar refractivity (Wildman–Crippen MR) is 271 cm³/mol. The molecule has 4 amide bonds. The number of aliphatic hydroxyl groups is 1. The molecule has 7 aliphatic rings. The molecule has 14 nitrogen and oxygen atoms in total. The van der Waals surface area contributed by atoms with Crippen molar-refractivity contribution >= 4 is 60.5 Å². The summed E-state index contributed by atoms with van der Waals surface area (Å²) in [5.41, 5.74) is 1.57. The summed E-state index contributed by atoms with van der Waals surface area (Å²) in [4.78, 5) is 70.9. The molecule has 11 rings (SSSR count). The van der Waals surface area contributed by atoms with Gasteiger partial charge in [0, 0.05) is 46.3 Å². The first kappa shape index (κ1) is 46.7. The molecule has 368 valence electrons. The minimum absolute atomic E-state index is 0.00865. The molecule has 0 unspecified atom stereocenters. The van der Waals surface area contributed by atoms with Gasteiger partial charge in [-0.05, 0) is 138 Å². The number of nitrogens with zero attached hydrogens (tertiary/aromatic N) is 6. The summed E-state index contributed by atoms with van der Waals surface area (Å²) < 4.78 is 24.2. The molecule has 7 aliphatic heterocycles. The van der Waals surface area contributed by atoms with Crippen LogP contribution in [0.2, 0.25) is 18.6 Å². The van der Waals surface area contributed by atoms with Crippen LogP contribution in [0.3, 0.4) is 0 Å². The van der Waals surface area contributed by atoms with Gasteiger partial charge in [-0.25, -0.2) is 0 Å². The van der Waals surface area contributed by atoms with Crippen molar-refractivity contribution in [1.29, 1.82) is 0 Å². The molecular weight excluding hydrogens is 904 g/mol. The van der Waals surface area contributed by atoms with E-state index in [-0.39, 0.29) is 49.2 Å². The van der Waals surface area contributed by atoms with Gasteiger partial charge >= 0.3 is 0 Å². The fourth-order valence-corrected chi connectivity index (χ4v) is 16.0. The zero-order chi connectivity index (χ0) is 48.6. The molecule has 6 saturated heterocycles. The van der Waals surface area contributed by atoms with E-state index < -0.39 is 42.6 Å². The minimum atomic E-state index is -3.64. The van der Waals surface area contributed by atoms with E-state index in [2.05, 4.69) is 32.6 Å². The van der Waals surface area contributed by atoms with Gasteiger partial charge < -0.3 is 44.2 Å². The number of amides is 4. The molecule has 5 atom stereocenters. The zero-order valence-corrected chi connectivity index (χ0v) is 41.5. The van der Waals surface area contributed by atoms with Gasteiger partial charge in [-0.15, -0.1) is 0 Å². The topological polar surface area (TPSA) is 141 Å². The summed E-state index contributed by atoms with van der Waals surface area (Å²) in [5.74, 6) is -1.15. The Balaban J connectivity index is 0.952. The summed E-state index contributed by atoms with van der Waals surface area (Å²) in [6.45, 7) is 9.31.